The Kier molecular flexibility index (Phi) is 2.16. The van der Waals surface area contributed by atoms with Crippen LogP contribution in [0.15, 0.2) is 0 Å². The van der Waals surface area contributed by atoms with Crippen molar-refractivity contribution < 1.29 is 5.11 Å². The van der Waals surface area contributed by atoms with Gasteiger partial charge in [0.25, 0.3) is 0 Å². The second kappa shape index (κ2) is 2.27. The molecule has 0 spiro atoms. The third kappa shape index (κ3) is 1.62. The summed E-state index contributed by atoms with van der Waals surface area (Å²) < 4.78 is 0. The quantitative estimate of drug-likeness (QED) is 0.519. The molecule has 0 aromatic rings. The van der Waals surface area contributed by atoms with Crippen molar-refractivity contribution in [2.24, 2.45) is 5.41 Å². The summed E-state index contributed by atoms with van der Waals surface area (Å²) in [6.45, 7) is 5.45. The summed E-state index contributed by atoms with van der Waals surface area (Å²) in [5, 5.41) is 15.8. The SMILES string of the molecule is CC(=N)C(C)(C)CO. The molecule has 0 rings (SSSR count). The van der Waals surface area contributed by atoms with E-state index in [1.165, 1.54) is 0 Å². The first-order chi connectivity index (χ1) is 3.50. The first-order valence-corrected chi connectivity index (χ1v) is 2.67. The van der Waals surface area contributed by atoms with Gasteiger partial charge in [0.1, 0.15) is 0 Å². The molecule has 2 nitrogen and oxygen atoms in total. The Hall–Kier alpha value is -0.370. The average Bonchev–Trinajstić information content (AvgIpc) is 1.67. The van der Waals surface area contributed by atoms with E-state index in [9.17, 15) is 0 Å². The lowest BCUT2D eigenvalue weighted by molar-refractivity contribution is 0.212. The van der Waals surface area contributed by atoms with Gasteiger partial charge >= 0.3 is 0 Å². The molecule has 0 unspecified atom stereocenters. The first kappa shape index (κ1) is 7.63. The van der Waals surface area contributed by atoms with Gasteiger partial charge in [0, 0.05) is 11.1 Å². The zero-order valence-corrected chi connectivity index (χ0v) is 5.65. The van der Waals surface area contributed by atoms with Gasteiger partial charge in [0.15, 0.2) is 0 Å². The molecule has 0 atom stereocenters. The number of rotatable bonds is 2. The number of hydrogen-bond acceptors (Lipinski definition) is 2. The van der Waals surface area contributed by atoms with Crippen LogP contribution in [0.25, 0.3) is 0 Å². The maximum Gasteiger partial charge on any atom is 0.0534 e. The smallest absolute Gasteiger partial charge is 0.0534 e. The van der Waals surface area contributed by atoms with Crippen molar-refractivity contribution in [3.63, 3.8) is 0 Å². The maximum atomic E-state index is 8.62. The van der Waals surface area contributed by atoms with Crippen molar-refractivity contribution in [3.8, 4) is 0 Å². The fourth-order valence-corrected chi connectivity index (χ4v) is 0.119. The topological polar surface area (TPSA) is 44.1 Å². The zero-order chi connectivity index (χ0) is 6.78. The lowest BCUT2D eigenvalue weighted by Crippen LogP contribution is -2.24. The van der Waals surface area contributed by atoms with Crippen LogP contribution in [0.3, 0.4) is 0 Å². The van der Waals surface area contributed by atoms with E-state index >= 15 is 0 Å². The molecule has 0 aromatic heterocycles. The molecule has 0 aromatic carbocycles. The summed E-state index contributed by atoms with van der Waals surface area (Å²) in [5.41, 5.74) is 0.208. The lowest BCUT2D eigenvalue weighted by atomic mass is 9.90. The van der Waals surface area contributed by atoms with E-state index in [1.54, 1.807) is 6.92 Å². The monoisotopic (exact) mass is 115 g/mol. The molecule has 48 valence electrons. The Morgan fingerprint density at radius 3 is 2.00 bits per heavy atom. The van der Waals surface area contributed by atoms with Crippen molar-refractivity contribution in [1.82, 2.24) is 0 Å². The first-order valence-electron chi connectivity index (χ1n) is 2.67. The molecule has 0 fully saturated rings. The summed E-state index contributed by atoms with van der Waals surface area (Å²) in [6, 6.07) is 0. The lowest BCUT2D eigenvalue weighted by Gasteiger charge is -2.19. The van der Waals surface area contributed by atoms with E-state index in [0.29, 0.717) is 5.71 Å². The highest BCUT2D eigenvalue weighted by Crippen LogP contribution is 2.13. The van der Waals surface area contributed by atoms with E-state index in [4.69, 9.17) is 10.5 Å². The van der Waals surface area contributed by atoms with Crippen LogP contribution < -0.4 is 0 Å². The Balaban J connectivity index is 3.91. The van der Waals surface area contributed by atoms with Crippen molar-refractivity contribution in [2.75, 3.05) is 6.61 Å². The predicted molar refractivity (Wildman–Crippen MR) is 34.3 cm³/mol. The number of aliphatic hydroxyl groups excluding tert-OH is 1. The Labute approximate surface area is 50.0 Å². The van der Waals surface area contributed by atoms with Crippen LogP contribution in [0.2, 0.25) is 0 Å². The molecule has 0 aliphatic carbocycles. The minimum absolute atomic E-state index is 0.0579. The molecule has 0 radical (unpaired) electrons. The van der Waals surface area contributed by atoms with E-state index in [-0.39, 0.29) is 12.0 Å². The summed E-state index contributed by atoms with van der Waals surface area (Å²) in [5.74, 6) is 0. The average molecular weight is 115 g/mol. The Bertz CT molecular complexity index is 96.7. The van der Waals surface area contributed by atoms with E-state index < -0.39 is 0 Å². The van der Waals surface area contributed by atoms with Gasteiger partial charge in [-0.25, -0.2) is 0 Å². The van der Waals surface area contributed by atoms with E-state index in [1.807, 2.05) is 13.8 Å². The van der Waals surface area contributed by atoms with Crippen LogP contribution in [-0.4, -0.2) is 17.4 Å². The van der Waals surface area contributed by atoms with E-state index in [2.05, 4.69) is 0 Å². The van der Waals surface area contributed by atoms with Gasteiger partial charge in [-0.3, -0.25) is 0 Å². The maximum absolute atomic E-state index is 8.62. The van der Waals surface area contributed by atoms with E-state index in [0.717, 1.165) is 0 Å². The molecule has 0 amide bonds. The molecule has 0 saturated heterocycles. The molecule has 0 heterocycles. The van der Waals surface area contributed by atoms with Crippen molar-refractivity contribution >= 4 is 5.71 Å². The third-order valence-electron chi connectivity index (χ3n) is 1.41. The molecule has 8 heavy (non-hydrogen) atoms. The molecular weight excluding hydrogens is 102 g/mol. The zero-order valence-electron chi connectivity index (χ0n) is 5.65. The predicted octanol–water partition coefficient (Wildman–Crippen LogP) is 1.04. The summed E-state index contributed by atoms with van der Waals surface area (Å²) in [6.07, 6.45) is 0. The number of aliphatic hydroxyl groups is 1. The van der Waals surface area contributed by atoms with Crippen molar-refractivity contribution in [3.05, 3.63) is 0 Å². The van der Waals surface area contributed by atoms with Crippen molar-refractivity contribution in [1.29, 1.82) is 5.41 Å². The molecule has 0 bridgehead atoms. The van der Waals surface area contributed by atoms with Crippen LogP contribution in [-0.2, 0) is 0 Å². The summed E-state index contributed by atoms with van der Waals surface area (Å²) >= 11 is 0. The Morgan fingerprint density at radius 2 is 2.00 bits per heavy atom. The van der Waals surface area contributed by atoms with Gasteiger partial charge in [-0.15, -0.1) is 0 Å². The standard InChI is InChI=1S/C6H13NO/c1-5(7)6(2,3)4-8/h7-8H,4H2,1-3H3. The van der Waals surface area contributed by atoms with Crippen LogP contribution in [0, 0.1) is 10.8 Å². The molecule has 2 heteroatoms. The van der Waals surface area contributed by atoms with Gasteiger partial charge in [0.05, 0.1) is 6.61 Å². The summed E-state index contributed by atoms with van der Waals surface area (Å²) in [7, 11) is 0. The van der Waals surface area contributed by atoms with Gasteiger partial charge in [0.2, 0.25) is 0 Å². The minimum Gasteiger partial charge on any atom is -0.395 e. The third-order valence-corrected chi connectivity index (χ3v) is 1.41. The molecule has 0 aliphatic heterocycles. The normalized spacial score (nSPS) is 11.5. The van der Waals surface area contributed by atoms with Gasteiger partial charge in [-0.2, -0.15) is 0 Å². The second-order valence-electron chi connectivity index (χ2n) is 2.67. The largest absolute Gasteiger partial charge is 0.395 e. The Morgan fingerprint density at radius 1 is 1.62 bits per heavy atom. The highest BCUT2D eigenvalue weighted by Gasteiger charge is 2.17. The van der Waals surface area contributed by atoms with Gasteiger partial charge < -0.3 is 10.5 Å². The molecule has 0 saturated carbocycles. The second-order valence-corrected chi connectivity index (χ2v) is 2.67. The molecule has 2 N–H and O–H groups in total. The van der Waals surface area contributed by atoms with Crippen LogP contribution >= 0.6 is 0 Å². The molecular formula is C6H13NO. The highest BCUT2D eigenvalue weighted by molar-refractivity contribution is 5.84. The minimum atomic E-state index is -0.319. The van der Waals surface area contributed by atoms with Crippen LogP contribution in [0.5, 0.6) is 0 Å². The van der Waals surface area contributed by atoms with Crippen LogP contribution in [0.4, 0.5) is 0 Å². The molecule has 0 aliphatic rings. The fraction of sp³-hybridized carbons (Fsp3) is 0.833. The number of hydrogen-bond donors (Lipinski definition) is 2. The van der Waals surface area contributed by atoms with Crippen LogP contribution in [0.1, 0.15) is 20.8 Å². The van der Waals surface area contributed by atoms with Gasteiger partial charge in [-0.1, -0.05) is 13.8 Å². The van der Waals surface area contributed by atoms with Crippen molar-refractivity contribution in [2.45, 2.75) is 20.8 Å². The highest BCUT2D eigenvalue weighted by atomic mass is 16.3. The van der Waals surface area contributed by atoms with Gasteiger partial charge in [-0.05, 0) is 6.92 Å². The summed E-state index contributed by atoms with van der Waals surface area (Å²) in [4.78, 5) is 0. The number of nitrogens with one attached hydrogen (secondary N) is 1. The fourth-order valence-electron chi connectivity index (χ4n) is 0.119.